The van der Waals surface area contributed by atoms with Crippen molar-refractivity contribution in [1.82, 2.24) is 19.6 Å². The highest BCUT2D eigenvalue weighted by Gasteiger charge is 2.60. The Morgan fingerprint density at radius 3 is 2.63 bits per heavy atom. The summed E-state index contributed by atoms with van der Waals surface area (Å²) in [5, 5.41) is 23.3. The molecule has 208 valence electrons. The summed E-state index contributed by atoms with van der Waals surface area (Å²) in [5.74, 6) is -5.36. The number of nitro benzene ring substituents is 1. The average Bonchev–Trinajstić information content (AvgIpc) is 3.09. The minimum absolute atomic E-state index is 0.209. The van der Waals surface area contributed by atoms with Gasteiger partial charge >= 0.3 is 25.3 Å². The number of nitrogens with one attached hydrogen (secondary N) is 1. The Bertz CT molecular complexity index is 1280. The van der Waals surface area contributed by atoms with Crippen molar-refractivity contribution in [3.05, 3.63) is 56.8 Å². The number of carbonyl (C=O) groups is 1. The Labute approximate surface area is 212 Å². The van der Waals surface area contributed by atoms with E-state index in [4.69, 9.17) is 19.5 Å². The summed E-state index contributed by atoms with van der Waals surface area (Å²) >= 11 is 0. The van der Waals surface area contributed by atoms with Gasteiger partial charge in [-0.3, -0.25) is 24.0 Å². The zero-order valence-corrected chi connectivity index (χ0v) is 20.7. The van der Waals surface area contributed by atoms with E-state index in [0.717, 1.165) is 7.11 Å². The number of rotatable bonds is 11. The van der Waals surface area contributed by atoms with Gasteiger partial charge in [-0.15, -0.1) is 0 Å². The summed E-state index contributed by atoms with van der Waals surface area (Å²) in [6.45, 7) is -0.132. The zero-order valence-electron chi connectivity index (χ0n) is 19.8. The predicted octanol–water partition coefficient (Wildman–Crippen LogP) is 0.515. The lowest BCUT2D eigenvalue weighted by molar-refractivity contribution is -0.384. The first-order chi connectivity index (χ1) is 17.8. The fourth-order valence-corrected chi connectivity index (χ4v) is 4.71. The van der Waals surface area contributed by atoms with E-state index in [2.05, 4.69) is 19.8 Å². The quantitative estimate of drug-likeness (QED) is 0.147. The number of methoxy groups -OCH3 is 1. The van der Waals surface area contributed by atoms with Gasteiger partial charge < -0.3 is 20.3 Å². The second-order valence-corrected chi connectivity index (χ2v) is 9.68. The smallest absolute Gasteiger partial charge is 0.406 e. The molecule has 5 atom stereocenters. The van der Waals surface area contributed by atoms with Crippen molar-refractivity contribution in [2.45, 2.75) is 43.9 Å². The van der Waals surface area contributed by atoms with Crippen LogP contribution in [0.2, 0.25) is 0 Å². The van der Waals surface area contributed by atoms with Crippen LogP contribution in [0.5, 0.6) is 0 Å². The van der Waals surface area contributed by atoms with Crippen LogP contribution in [0.25, 0.3) is 0 Å². The molecule has 16 nitrogen and oxygen atoms in total. The van der Waals surface area contributed by atoms with Crippen molar-refractivity contribution < 1.29 is 46.7 Å². The molecule has 1 fully saturated rings. The zero-order chi connectivity index (χ0) is 28.3. The molecule has 3 rings (SSSR count). The van der Waals surface area contributed by atoms with Crippen molar-refractivity contribution >= 4 is 25.4 Å². The lowest BCUT2D eigenvalue weighted by Gasteiger charge is -2.24. The summed E-state index contributed by atoms with van der Waals surface area (Å²) in [6.07, 6.45) is -6.04. The summed E-state index contributed by atoms with van der Waals surface area (Å²) in [5.41, 5.74) is 4.15. The molecule has 0 aliphatic carbocycles. The highest BCUT2D eigenvalue weighted by molar-refractivity contribution is 7.51. The number of alkyl halides is 2. The molecule has 0 saturated carbocycles. The van der Waals surface area contributed by atoms with Gasteiger partial charge in [-0.25, -0.2) is 24.0 Å². The van der Waals surface area contributed by atoms with Crippen molar-refractivity contribution in [2.75, 3.05) is 19.5 Å². The first kappa shape index (κ1) is 29.2. The number of aliphatic hydroxyl groups excluding tert-OH is 1. The molecule has 1 aliphatic rings. The Kier molecular flexibility index (Phi) is 8.86. The number of benzene rings is 1. The van der Waals surface area contributed by atoms with Gasteiger partial charge in [-0.2, -0.15) is 13.8 Å². The maximum atomic E-state index is 14.8. The highest BCUT2D eigenvalue weighted by atomic mass is 31.2. The van der Waals surface area contributed by atoms with Crippen LogP contribution in [-0.2, 0) is 34.5 Å². The number of anilines is 1. The minimum atomic E-state index is -4.50. The molecule has 1 aromatic heterocycles. The van der Waals surface area contributed by atoms with Gasteiger partial charge in [0, 0.05) is 12.1 Å². The first-order valence-corrected chi connectivity index (χ1v) is 12.2. The number of aliphatic hydroxyl groups is 1. The molecule has 2 aromatic rings. The SMILES string of the molecule is COC(=O)[C@H](C)NP(=O)(OCc1ccc([N+](=O)[O-])cc1)OC[C@H]1O[C@@H](n2cnc(N)nc2=O)C(F)(F)C1O. The standard InChI is InChI=1S/C19H23F2N6O10P/c1-10(15(29)34-2)25-38(33,35-7-11-3-5-12(6-4-11)27(31)32)36-8-13-14(28)19(20,21)16(37-13)26-9-23-17(22)24-18(26)30/h3-6,9-10,13-14,16,28H,7-8H2,1-2H3,(H,25,33)(H2,22,24,30)/t10-,13+,14?,16+,38?/m0/s1. The molecule has 1 aliphatic heterocycles. The van der Waals surface area contributed by atoms with E-state index in [1.54, 1.807) is 0 Å². The van der Waals surface area contributed by atoms with E-state index in [1.165, 1.54) is 31.2 Å². The molecule has 0 amide bonds. The molecule has 0 radical (unpaired) electrons. The third-order valence-corrected chi connectivity index (χ3v) is 6.90. The van der Waals surface area contributed by atoms with E-state index >= 15 is 0 Å². The number of aromatic nitrogens is 3. The number of nitrogen functional groups attached to an aromatic ring is 1. The number of halogens is 2. The third kappa shape index (κ3) is 6.53. The Morgan fingerprint density at radius 2 is 2.05 bits per heavy atom. The van der Waals surface area contributed by atoms with E-state index in [0.29, 0.717) is 16.5 Å². The summed E-state index contributed by atoms with van der Waals surface area (Å²) in [7, 11) is -3.43. The number of nitrogens with two attached hydrogens (primary N) is 1. The number of ether oxygens (including phenoxy) is 2. The fourth-order valence-electron chi connectivity index (χ4n) is 3.25. The van der Waals surface area contributed by atoms with Crippen LogP contribution in [0.4, 0.5) is 20.4 Å². The van der Waals surface area contributed by atoms with Gasteiger partial charge in [0.25, 0.3) is 5.69 Å². The maximum Gasteiger partial charge on any atom is 0.406 e. The number of nitrogens with zero attached hydrogens (tertiary/aromatic N) is 4. The molecule has 1 aromatic carbocycles. The van der Waals surface area contributed by atoms with Crippen molar-refractivity contribution in [3.63, 3.8) is 0 Å². The van der Waals surface area contributed by atoms with Crippen molar-refractivity contribution in [1.29, 1.82) is 0 Å². The van der Waals surface area contributed by atoms with Crippen LogP contribution in [0.1, 0.15) is 18.7 Å². The fraction of sp³-hybridized carbons (Fsp3) is 0.474. The predicted molar refractivity (Wildman–Crippen MR) is 122 cm³/mol. The molecular weight excluding hydrogens is 541 g/mol. The van der Waals surface area contributed by atoms with Crippen LogP contribution >= 0.6 is 7.75 Å². The molecule has 4 N–H and O–H groups in total. The molecule has 2 heterocycles. The second-order valence-electron chi connectivity index (χ2n) is 7.91. The lowest BCUT2D eigenvalue weighted by Crippen LogP contribution is -2.42. The number of hydrogen-bond donors (Lipinski definition) is 3. The van der Waals surface area contributed by atoms with Crippen LogP contribution in [0, 0.1) is 10.1 Å². The largest absolute Gasteiger partial charge is 0.468 e. The van der Waals surface area contributed by atoms with Crippen LogP contribution in [0.3, 0.4) is 0 Å². The summed E-state index contributed by atoms with van der Waals surface area (Å²) in [4.78, 5) is 40.7. The van der Waals surface area contributed by atoms with E-state index in [9.17, 15) is 38.2 Å². The van der Waals surface area contributed by atoms with Gasteiger partial charge in [-0.05, 0) is 24.6 Å². The second kappa shape index (κ2) is 11.5. The number of non-ortho nitro benzene ring substituents is 1. The van der Waals surface area contributed by atoms with Crippen LogP contribution in [0.15, 0.2) is 35.4 Å². The van der Waals surface area contributed by atoms with Crippen LogP contribution in [-0.4, -0.2) is 68.4 Å². The van der Waals surface area contributed by atoms with Gasteiger partial charge in [0.2, 0.25) is 12.2 Å². The van der Waals surface area contributed by atoms with Gasteiger partial charge in [0.1, 0.15) is 18.5 Å². The Balaban J connectivity index is 1.77. The first-order valence-electron chi connectivity index (χ1n) is 10.7. The Morgan fingerprint density at radius 1 is 1.39 bits per heavy atom. The number of hydrogen-bond acceptors (Lipinski definition) is 13. The van der Waals surface area contributed by atoms with E-state index < -0.39 is 73.9 Å². The van der Waals surface area contributed by atoms with Gasteiger partial charge in [-0.1, -0.05) is 0 Å². The number of esters is 1. The number of nitro groups is 1. The average molecular weight is 564 g/mol. The molecule has 1 saturated heterocycles. The molecular formula is C19H23F2N6O10P. The normalized spacial score (nSPS) is 22.9. The van der Waals surface area contributed by atoms with Gasteiger partial charge in [0.15, 0.2) is 6.10 Å². The summed E-state index contributed by atoms with van der Waals surface area (Å²) in [6, 6.07) is 3.71. The monoisotopic (exact) mass is 564 g/mol. The van der Waals surface area contributed by atoms with E-state index in [1.807, 2.05) is 0 Å². The van der Waals surface area contributed by atoms with E-state index in [-0.39, 0.29) is 5.69 Å². The minimum Gasteiger partial charge on any atom is -0.468 e. The lowest BCUT2D eigenvalue weighted by atomic mass is 10.1. The molecule has 2 unspecified atom stereocenters. The Hall–Kier alpha value is -3.41. The molecule has 0 spiro atoms. The summed E-state index contributed by atoms with van der Waals surface area (Å²) < 4.78 is 63.4. The molecule has 38 heavy (non-hydrogen) atoms. The van der Waals surface area contributed by atoms with Crippen molar-refractivity contribution in [3.8, 4) is 0 Å². The third-order valence-electron chi connectivity index (χ3n) is 5.24. The van der Waals surface area contributed by atoms with Crippen molar-refractivity contribution in [2.24, 2.45) is 0 Å². The maximum absolute atomic E-state index is 14.8. The van der Waals surface area contributed by atoms with Crippen LogP contribution < -0.4 is 16.5 Å². The molecule has 19 heteroatoms. The number of carbonyl (C=O) groups excluding carboxylic acids is 1. The van der Waals surface area contributed by atoms with Gasteiger partial charge in [0.05, 0.1) is 25.2 Å². The highest BCUT2D eigenvalue weighted by Crippen LogP contribution is 2.48. The molecule has 0 bridgehead atoms. The topological polar surface area (TPSA) is 220 Å².